The van der Waals surface area contributed by atoms with Crippen molar-refractivity contribution in [2.45, 2.75) is 65.1 Å². The number of carbonyl (C=O) groups excluding carboxylic acids is 2. The number of rotatable bonds is 10. The summed E-state index contributed by atoms with van der Waals surface area (Å²) in [5.74, 6) is -0.402. The van der Waals surface area contributed by atoms with E-state index in [1.165, 1.54) is 23.5 Å². The van der Waals surface area contributed by atoms with Gasteiger partial charge in [0.15, 0.2) is 0 Å². The number of nitrogens with one attached hydrogen (secondary N) is 2. The maximum absolute atomic E-state index is 13.7. The molecule has 0 aliphatic carbocycles. The highest BCUT2D eigenvalue weighted by Gasteiger charge is 2.28. The van der Waals surface area contributed by atoms with Gasteiger partial charge >= 0.3 is 6.09 Å². The van der Waals surface area contributed by atoms with E-state index in [1.807, 2.05) is 79.9 Å². The van der Waals surface area contributed by atoms with Crippen LogP contribution >= 0.6 is 11.3 Å². The molecule has 10 heteroatoms. The van der Waals surface area contributed by atoms with Crippen LogP contribution in [0.25, 0.3) is 10.6 Å². The molecule has 1 aromatic heterocycles. The zero-order chi connectivity index (χ0) is 31.4. The molecule has 2 N–H and O–H groups in total. The van der Waals surface area contributed by atoms with E-state index in [4.69, 9.17) is 9.72 Å². The SMILES string of the molecule is CC.CC(C)(C)OC(=O)N[C@@H](Cc1ccccc1)C(=O)N[C@@H](Cc1ccc([N+](=O)[O-])cc1)c1csc(-c2ccccc2)n1. The van der Waals surface area contributed by atoms with Crippen molar-refractivity contribution < 1.29 is 19.2 Å². The molecule has 43 heavy (non-hydrogen) atoms. The number of non-ortho nitro benzene ring substituents is 1. The van der Waals surface area contributed by atoms with E-state index in [0.717, 1.165) is 21.7 Å². The van der Waals surface area contributed by atoms with E-state index in [9.17, 15) is 19.7 Å². The van der Waals surface area contributed by atoms with Gasteiger partial charge in [0.05, 0.1) is 16.7 Å². The number of ether oxygens (including phenoxy) is 1. The zero-order valence-electron chi connectivity index (χ0n) is 25.1. The van der Waals surface area contributed by atoms with Crippen LogP contribution < -0.4 is 10.6 Å². The van der Waals surface area contributed by atoms with E-state index in [2.05, 4.69) is 10.6 Å². The van der Waals surface area contributed by atoms with Gasteiger partial charge in [-0.3, -0.25) is 14.9 Å². The molecule has 3 aromatic carbocycles. The molecular formula is C33H38N4O5S. The summed E-state index contributed by atoms with van der Waals surface area (Å²) in [5.41, 5.74) is 2.52. The predicted molar refractivity (Wildman–Crippen MR) is 170 cm³/mol. The fourth-order valence-electron chi connectivity index (χ4n) is 4.16. The first-order valence-electron chi connectivity index (χ1n) is 14.2. The normalized spacial score (nSPS) is 12.2. The molecule has 9 nitrogen and oxygen atoms in total. The van der Waals surface area contributed by atoms with E-state index in [0.29, 0.717) is 12.1 Å². The standard InChI is InChI=1S/C31H32N4O5S.C2H6/c1-31(2,3)40-30(37)34-26(19-21-10-6-4-7-11-21)28(36)32-25(18-22-14-16-24(17-15-22)35(38)39)27-20-41-29(33-27)23-12-8-5-9-13-23;1-2/h4-17,20,25-26H,18-19H2,1-3H3,(H,32,36)(H,34,37);1-2H3/t25-,26-;/m0./s1. The average molecular weight is 603 g/mol. The lowest BCUT2D eigenvalue weighted by Gasteiger charge is -2.25. The maximum atomic E-state index is 13.7. The topological polar surface area (TPSA) is 123 Å². The van der Waals surface area contributed by atoms with Gasteiger partial charge in [-0.1, -0.05) is 86.6 Å². The molecule has 4 aromatic rings. The van der Waals surface area contributed by atoms with Gasteiger partial charge in [-0.15, -0.1) is 11.3 Å². The lowest BCUT2D eigenvalue weighted by Crippen LogP contribution is -2.50. The molecule has 0 unspecified atom stereocenters. The minimum Gasteiger partial charge on any atom is -0.444 e. The summed E-state index contributed by atoms with van der Waals surface area (Å²) in [4.78, 5) is 41.9. The zero-order valence-corrected chi connectivity index (χ0v) is 25.9. The Labute approximate surface area is 256 Å². The number of amides is 2. The van der Waals surface area contributed by atoms with Crippen LogP contribution in [-0.2, 0) is 22.4 Å². The number of hydrogen-bond donors (Lipinski definition) is 2. The summed E-state index contributed by atoms with van der Waals surface area (Å²) in [6.45, 7) is 9.27. The van der Waals surface area contributed by atoms with Crippen LogP contribution in [0.3, 0.4) is 0 Å². The molecule has 0 spiro atoms. The fraction of sp³-hybridized carbons (Fsp3) is 0.303. The number of benzene rings is 3. The molecule has 4 rings (SSSR count). The Hall–Kier alpha value is -4.57. The average Bonchev–Trinajstić information content (AvgIpc) is 3.48. The quantitative estimate of drug-likeness (QED) is 0.145. The van der Waals surface area contributed by atoms with Gasteiger partial charge in [0.2, 0.25) is 5.91 Å². The molecule has 0 saturated carbocycles. The van der Waals surface area contributed by atoms with Gasteiger partial charge in [-0.2, -0.15) is 0 Å². The van der Waals surface area contributed by atoms with Crippen LogP contribution in [0.15, 0.2) is 90.3 Å². The molecule has 1 heterocycles. The van der Waals surface area contributed by atoms with E-state index < -0.39 is 34.6 Å². The molecular weight excluding hydrogens is 564 g/mol. The lowest BCUT2D eigenvalue weighted by molar-refractivity contribution is -0.384. The number of nitro groups is 1. The second-order valence-corrected chi connectivity index (χ2v) is 11.4. The van der Waals surface area contributed by atoms with Crippen LogP contribution in [0.5, 0.6) is 0 Å². The summed E-state index contributed by atoms with van der Waals surface area (Å²) in [6, 6.07) is 23.9. The Morgan fingerprint density at radius 2 is 1.47 bits per heavy atom. The first-order chi connectivity index (χ1) is 20.6. The van der Waals surface area contributed by atoms with Crippen molar-refractivity contribution in [2.75, 3.05) is 0 Å². The van der Waals surface area contributed by atoms with Crippen molar-refractivity contribution in [3.8, 4) is 10.6 Å². The Morgan fingerprint density at radius 3 is 2.05 bits per heavy atom. The third-order valence-corrected chi connectivity index (χ3v) is 7.00. The van der Waals surface area contributed by atoms with E-state index >= 15 is 0 Å². The highest BCUT2D eigenvalue weighted by atomic mass is 32.1. The minimum absolute atomic E-state index is 0.0150. The van der Waals surface area contributed by atoms with Crippen molar-refractivity contribution in [3.05, 3.63) is 117 Å². The van der Waals surface area contributed by atoms with Crippen molar-refractivity contribution in [1.82, 2.24) is 15.6 Å². The molecule has 0 bridgehead atoms. The van der Waals surface area contributed by atoms with Gasteiger partial charge < -0.3 is 15.4 Å². The number of aromatic nitrogens is 1. The number of thiazole rings is 1. The molecule has 0 radical (unpaired) electrons. The first kappa shape index (κ1) is 32.9. The number of nitrogens with zero attached hydrogens (tertiary/aromatic N) is 2. The summed E-state index contributed by atoms with van der Waals surface area (Å²) in [6.07, 6.45) is -0.102. The molecule has 0 aliphatic heterocycles. The van der Waals surface area contributed by atoms with Crippen LogP contribution in [-0.4, -0.2) is 33.6 Å². The summed E-state index contributed by atoms with van der Waals surface area (Å²) in [7, 11) is 0. The van der Waals surface area contributed by atoms with Crippen LogP contribution in [0.2, 0.25) is 0 Å². The fourth-order valence-corrected chi connectivity index (χ4v) is 5.04. The van der Waals surface area contributed by atoms with Crippen LogP contribution in [0.4, 0.5) is 10.5 Å². The third kappa shape index (κ3) is 10.3. The summed E-state index contributed by atoms with van der Waals surface area (Å²) >= 11 is 1.46. The first-order valence-corrected chi connectivity index (χ1v) is 15.0. The number of alkyl carbamates (subject to hydrolysis) is 1. The Balaban J connectivity index is 0.00000248. The van der Waals surface area contributed by atoms with Crippen LogP contribution in [0, 0.1) is 10.1 Å². The second kappa shape index (κ2) is 15.6. The highest BCUT2D eigenvalue weighted by molar-refractivity contribution is 7.13. The van der Waals surface area contributed by atoms with Crippen molar-refractivity contribution >= 4 is 29.0 Å². The number of hydrogen-bond acceptors (Lipinski definition) is 7. The van der Waals surface area contributed by atoms with Crippen LogP contribution in [0.1, 0.15) is 57.5 Å². The molecule has 2 atom stereocenters. The molecule has 2 amide bonds. The van der Waals surface area contributed by atoms with Gasteiger partial charge in [0, 0.05) is 29.5 Å². The molecule has 0 fully saturated rings. The highest BCUT2D eigenvalue weighted by Crippen LogP contribution is 2.28. The lowest BCUT2D eigenvalue weighted by atomic mass is 10.0. The van der Waals surface area contributed by atoms with Crippen molar-refractivity contribution in [1.29, 1.82) is 0 Å². The predicted octanol–water partition coefficient (Wildman–Crippen LogP) is 7.28. The van der Waals surface area contributed by atoms with Gasteiger partial charge in [-0.05, 0) is 38.3 Å². The van der Waals surface area contributed by atoms with Gasteiger partial charge in [0.25, 0.3) is 5.69 Å². The largest absolute Gasteiger partial charge is 0.444 e. The Bertz CT molecular complexity index is 1470. The van der Waals surface area contributed by atoms with E-state index in [-0.39, 0.29) is 12.1 Å². The van der Waals surface area contributed by atoms with E-state index in [1.54, 1.807) is 32.9 Å². The molecule has 0 aliphatic rings. The smallest absolute Gasteiger partial charge is 0.408 e. The third-order valence-electron chi connectivity index (χ3n) is 6.09. The molecule has 226 valence electrons. The van der Waals surface area contributed by atoms with Gasteiger partial charge in [0.1, 0.15) is 16.7 Å². The van der Waals surface area contributed by atoms with Crippen molar-refractivity contribution in [3.63, 3.8) is 0 Å². The second-order valence-electron chi connectivity index (χ2n) is 10.5. The Morgan fingerprint density at radius 1 is 0.884 bits per heavy atom. The summed E-state index contributed by atoms with van der Waals surface area (Å²) in [5, 5.41) is 19.6. The number of nitro benzene ring substituents is 1. The summed E-state index contributed by atoms with van der Waals surface area (Å²) < 4.78 is 5.43. The monoisotopic (exact) mass is 602 g/mol. The number of carbonyl (C=O) groups is 2. The molecule has 0 saturated heterocycles. The Kier molecular flexibility index (Phi) is 11.9. The minimum atomic E-state index is -0.918. The van der Waals surface area contributed by atoms with Crippen molar-refractivity contribution in [2.24, 2.45) is 0 Å². The maximum Gasteiger partial charge on any atom is 0.408 e. The van der Waals surface area contributed by atoms with Gasteiger partial charge in [-0.25, -0.2) is 9.78 Å².